The monoisotopic (exact) mass is 253 g/mol. The predicted molar refractivity (Wildman–Crippen MR) is 69.1 cm³/mol. The Kier molecular flexibility index (Phi) is 4.31. The Morgan fingerprint density at radius 2 is 2.22 bits per heavy atom. The fraction of sp³-hybridized carbons (Fsp3) is 0.833. The number of likely N-dealkylation sites (N-methyl/N-ethyl adjacent to an activating group) is 1. The minimum absolute atomic E-state index is 0.306. The van der Waals surface area contributed by atoms with E-state index in [9.17, 15) is 0 Å². The van der Waals surface area contributed by atoms with E-state index in [2.05, 4.69) is 40.8 Å². The molecule has 1 unspecified atom stereocenters. The third-order valence-corrected chi connectivity index (χ3v) is 3.42. The zero-order valence-electron chi connectivity index (χ0n) is 11.5. The van der Waals surface area contributed by atoms with E-state index in [1.807, 2.05) is 0 Å². The summed E-state index contributed by atoms with van der Waals surface area (Å²) in [4.78, 5) is 9.06. The summed E-state index contributed by atoms with van der Waals surface area (Å²) in [7, 11) is 2.13. The van der Waals surface area contributed by atoms with Gasteiger partial charge in [0, 0.05) is 38.1 Å². The summed E-state index contributed by atoms with van der Waals surface area (Å²) in [5.41, 5.74) is 5.83. The van der Waals surface area contributed by atoms with Crippen LogP contribution in [0.1, 0.15) is 31.5 Å². The molecule has 0 amide bonds. The Labute approximate surface area is 108 Å². The van der Waals surface area contributed by atoms with Crippen LogP contribution < -0.4 is 5.73 Å². The van der Waals surface area contributed by atoms with Crippen molar-refractivity contribution in [2.24, 2.45) is 5.73 Å². The Hall–Kier alpha value is -0.980. The van der Waals surface area contributed by atoms with Crippen LogP contribution in [0.5, 0.6) is 0 Å². The van der Waals surface area contributed by atoms with E-state index in [1.165, 1.54) is 0 Å². The first-order valence-electron chi connectivity index (χ1n) is 6.55. The van der Waals surface area contributed by atoms with Gasteiger partial charge in [-0.05, 0) is 7.05 Å². The maximum absolute atomic E-state index is 5.83. The van der Waals surface area contributed by atoms with Gasteiger partial charge in [-0.15, -0.1) is 0 Å². The van der Waals surface area contributed by atoms with E-state index in [1.54, 1.807) is 0 Å². The van der Waals surface area contributed by atoms with Gasteiger partial charge in [-0.3, -0.25) is 4.90 Å². The highest BCUT2D eigenvalue weighted by molar-refractivity contribution is 4.93. The van der Waals surface area contributed by atoms with Gasteiger partial charge in [0.15, 0.2) is 5.82 Å². The average molecular weight is 253 g/mol. The van der Waals surface area contributed by atoms with Crippen LogP contribution in [-0.4, -0.2) is 59.2 Å². The van der Waals surface area contributed by atoms with E-state index >= 15 is 0 Å². The van der Waals surface area contributed by atoms with Gasteiger partial charge in [0.25, 0.3) is 0 Å². The molecule has 2 rings (SSSR count). The molecule has 6 heteroatoms. The number of hydrogen-bond donors (Lipinski definition) is 1. The lowest BCUT2D eigenvalue weighted by Gasteiger charge is -2.38. The molecule has 1 saturated heterocycles. The third kappa shape index (κ3) is 3.07. The standard InChI is InChI=1S/C12H23N5O/c1-9(2)12-14-11(18-15-12)8-17-5-4-16(3)7-10(17)6-13/h9-10H,4-8,13H2,1-3H3. The van der Waals surface area contributed by atoms with Crippen molar-refractivity contribution in [1.82, 2.24) is 19.9 Å². The van der Waals surface area contributed by atoms with E-state index in [0.717, 1.165) is 25.5 Å². The summed E-state index contributed by atoms with van der Waals surface area (Å²) < 4.78 is 5.29. The van der Waals surface area contributed by atoms with Gasteiger partial charge in [0.2, 0.25) is 5.89 Å². The van der Waals surface area contributed by atoms with Gasteiger partial charge < -0.3 is 15.2 Å². The molecule has 6 nitrogen and oxygen atoms in total. The quantitative estimate of drug-likeness (QED) is 0.830. The maximum Gasteiger partial charge on any atom is 0.240 e. The van der Waals surface area contributed by atoms with E-state index < -0.39 is 0 Å². The topological polar surface area (TPSA) is 71.4 Å². The predicted octanol–water partition coefficient (Wildman–Crippen LogP) is 0.268. The van der Waals surface area contributed by atoms with Crippen molar-refractivity contribution in [2.45, 2.75) is 32.4 Å². The van der Waals surface area contributed by atoms with E-state index in [4.69, 9.17) is 10.3 Å². The van der Waals surface area contributed by atoms with Crippen molar-refractivity contribution in [1.29, 1.82) is 0 Å². The van der Waals surface area contributed by atoms with E-state index in [-0.39, 0.29) is 0 Å². The van der Waals surface area contributed by atoms with Crippen molar-refractivity contribution in [3.05, 3.63) is 11.7 Å². The normalized spacial score (nSPS) is 22.8. The SMILES string of the molecule is CC(C)c1noc(CN2CCN(C)CC2CN)n1. The second-order valence-electron chi connectivity index (χ2n) is 5.32. The van der Waals surface area contributed by atoms with Gasteiger partial charge in [-0.2, -0.15) is 4.98 Å². The van der Waals surface area contributed by atoms with E-state index in [0.29, 0.717) is 30.9 Å². The number of nitrogens with zero attached hydrogens (tertiary/aromatic N) is 4. The second kappa shape index (κ2) is 5.77. The largest absolute Gasteiger partial charge is 0.338 e. The molecule has 0 spiro atoms. The first kappa shape index (κ1) is 13.5. The Bertz CT molecular complexity index is 378. The molecule has 0 bridgehead atoms. The lowest BCUT2D eigenvalue weighted by atomic mass is 10.1. The highest BCUT2D eigenvalue weighted by Gasteiger charge is 2.25. The van der Waals surface area contributed by atoms with Crippen molar-refractivity contribution in [3.8, 4) is 0 Å². The molecule has 1 atom stereocenters. The van der Waals surface area contributed by atoms with Crippen molar-refractivity contribution < 1.29 is 4.52 Å². The second-order valence-corrected chi connectivity index (χ2v) is 5.32. The highest BCUT2D eigenvalue weighted by atomic mass is 16.5. The molecule has 0 aromatic carbocycles. The molecule has 2 N–H and O–H groups in total. The Morgan fingerprint density at radius 3 is 2.83 bits per heavy atom. The Balaban J connectivity index is 1.98. The first-order chi connectivity index (χ1) is 8.60. The Morgan fingerprint density at radius 1 is 1.44 bits per heavy atom. The smallest absolute Gasteiger partial charge is 0.240 e. The van der Waals surface area contributed by atoms with Gasteiger partial charge in [0.1, 0.15) is 0 Å². The van der Waals surface area contributed by atoms with Gasteiger partial charge in [0.05, 0.1) is 6.54 Å². The lowest BCUT2D eigenvalue weighted by molar-refractivity contribution is 0.0784. The molecular formula is C12H23N5O. The minimum atomic E-state index is 0.306. The summed E-state index contributed by atoms with van der Waals surface area (Å²) in [6.07, 6.45) is 0. The van der Waals surface area contributed by atoms with Crippen LogP contribution in [0.2, 0.25) is 0 Å². The molecule has 102 valence electrons. The van der Waals surface area contributed by atoms with Crippen molar-refractivity contribution in [3.63, 3.8) is 0 Å². The molecule has 0 aliphatic carbocycles. The minimum Gasteiger partial charge on any atom is -0.338 e. The molecule has 1 aliphatic heterocycles. The fourth-order valence-electron chi connectivity index (χ4n) is 2.22. The number of aromatic nitrogens is 2. The van der Waals surface area contributed by atoms with Crippen LogP contribution in [0.25, 0.3) is 0 Å². The molecule has 2 heterocycles. The van der Waals surface area contributed by atoms with Crippen LogP contribution in [0.3, 0.4) is 0 Å². The molecular weight excluding hydrogens is 230 g/mol. The number of rotatable bonds is 4. The van der Waals surface area contributed by atoms with Gasteiger partial charge >= 0.3 is 0 Å². The summed E-state index contributed by atoms with van der Waals surface area (Å²) in [5, 5.41) is 3.99. The van der Waals surface area contributed by atoms with Crippen LogP contribution >= 0.6 is 0 Å². The summed E-state index contributed by atoms with van der Waals surface area (Å²) in [5.74, 6) is 1.78. The molecule has 1 fully saturated rings. The van der Waals surface area contributed by atoms with Crippen LogP contribution in [0, 0.1) is 0 Å². The van der Waals surface area contributed by atoms with Gasteiger partial charge in [-0.1, -0.05) is 19.0 Å². The number of piperazine rings is 1. The maximum atomic E-state index is 5.83. The van der Waals surface area contributed by atoms with Crippen LogP contribution in [0.15, 0.2) is 4.52 Å². The fourth-order valence-corrected chi connectivity index (χ4v) is 2.22. The summed E-state index contributed by atoms with van der Waals surface area (Å²) >= 11 is 0. The number of hydrogen-bond acceptors (Lipinski definition) is 6. The van der Waals surface area contributed by atoms with Crippen LogP contribution in [-0.2, 0) is 6.54 Å². The lowest BCUT2D eigenvalue weighted by Crippen LogP contribution is -2.54. The summed E-state index contributed by atoms with van der Waals surface area (Å²) in [6.45, 7) is 8.55. The van der Waals surface area contributed by atoms with Gasteiger partial charge in [-0.25, -0.2) is 0 Å². The molecule has 0 saturated carbocycles. The van der Waals surface area contributed by atoms with Crippen molar-refractivity contribution >= 4 is 0 Å². The zero-order chi connectivity index (χ0) is 13.1. The molecule has 18 heavy (non-hydrogen) atoms. The first-order valence-corrected chi connectivity index (χ1v) is 6.55. The third-order valence-electron chi connectivity index (χ3n) is 3.42. The molecule has 1 aromatic rings. The van der Waals surface area contributed by atoms with Crippen molar-refractivity contribution in [2.75, 3.05) is 33.2 Å². The zero-order valence-corrected chi connectivity index (χ0v) is 11.5. The highest BCUT2D eigenvalue weighted by Crippen LogP contribution is 2.14. The molecule has 1 aliphatic rings. The van der Waals surface area contributed by atoms with Crippen LogP contribution in [0.4, 0.5) is 0 Å². The average Bonchev–Trinajstić information content (AvgIpc) is 2.80. The number of nitrogens with two attached hydrogens (primary N) is 1. The molecule has 1 aromatic heterocycles. The summed E-state index contributed by atoms with van der Waals surface area (Å²) in [6, 6.07) is 0.373. The molecule has 0 radical (unpaired) electrons.